The third-order valence-corrected chi connectivity index (χ3v) is 3.71. The van der Waals surface area contributed by atoms with Crippen molar-refractivity contribution in [2.75, 3.05) is 0 Å². The minimum Gasteiger partial charge on any atom is -0.0625 e. The van der Waals surface area contributed by atoms with Crippen molar-refractivity contribution in [2.45, 2.75) is 46.5 Å². The van der Waals surface area contributed by atoms with Crippen molar-refractivity contribution in [1.29, 1.82) is 0 Å². The minimum atomic E-state index is 0.676. The Morgan fingerprint density at radius 2 is 1.45 bits per heavy atom. The van der Waals surface area contributed by atoms with Crippen molar-refractivity contribution < 1.29 is 0 Å². The van der Waals surface area contributed by atoms with Gasteiger partial charge in [-0.1, -0.05) is 20.8 Å². The fourth-order valence-electron chi connectivity index (χ4n) is 3.52. The first-order chi connectivity index (χ1) is 5.07. The van der Waals surface area contributed by atoms with E-state index < -0.39 is 0 Å². The van der Waals surface area contributed by atoms with Crippen LogP contribution in [0.5, 0.6) is 0 Å². The van der Waals surface area contributed by atoms with Gasteiger partial charge in [0.05, 0.1) is 0 Å². The Bertz CT molecular complexity index is 141. The first-order valence-corrected chi connectivity index (χ1v) is 5.07. The normalized spacial score (nSPS) is 47.7. The van der Waals surface area contributed by atoms with E-state index in [4.69, 9.17) is 0 Å². The average Bonchev–Trinajstić information content (AvgIpc) is 2.17. The van der Waals surface area contributed by atoms with E-state index in [9.17, 15) is 0 Å². The minimum absolute atomic E-state index is 0.676. The Kier molecular flexibility index (Phi) is 1.56. The first-order valence-electron chi connectivity index (χ1n) is 5.07. The molecule has 2 aliphatic rings. The smallest absolute Gasteiger partial charge is 0.0349 e. The molecule has 2 rings (SSSR count). The zero-order valence-corrected chi connectivity index (χ0v) is 8.06. The summed E-state index contributed by atoms with van der Waals surface area (Å²) < 4.78 is 0. The molecule has 0 heterocycles. The highest BCUT2D eigenvalue weighted by atomic mass is 14.5. The zero-order valence-electron chi connectivity index (χ0n) is 8.06. The van der Waals surface area contributed by atoms with Gasteiger partial charge in [-0.25, -0.2) is 0 Å². The SMILES string of the molecule is CC1CC2CC(C)(C)CC2C1. The Labute approximate surface area is 70.4 Å². The van der Waals surface area contributed by atoms with E-state index in [2.05, 4.69) is 20.8 Å². The molecule has 11 heavy (non-hydrogen) atoms. The largest absolute Gasteiger partial charge is 0.0625 e. The summed E-state index contributed by atoms with van der Waals surface area (Å²) in [6.45, 7) is 7.30. The lowest BCUT2D eigenvalue weighted by Gasteiger charge is -2.18. The first kappa shape index (κ1) is 7.64. The monoisotopic (exact) mass is 152 g/mol. The van der Waals surface area contributed by atoms with Gasteiger partial charge in [-0.15, -0.1) is 0 Å². The third-order valence-electron chi connectivity index (χ3n) is 3.71. The van der Waals surface area contributed by atoms with Gasteiger partial charge < -0.3 is 0 Å². The molecule has 2 aliphatic carbocycles. The van der Waals surface area contributed by atoms with E-state index in [1.165, 1.54) is 25.7 Å². The van der Waals surface area contributed by atoms with Gasteiger partial charge in [-0.3, -0.25) is 0 Å². The number of rotatable bonds is 0. The van der Waals surface area contributed by atoms with Crippen LogP contribution in [-0.4, -0.2) is 0 Å². The summed E-state index contributed by atoms with van der Waals surface area (Å²) in [5, 5.41) is 0. The molecule has 0 spiro atoms. The molecule has 64 valence electrons. The molecule has 0 bridgehead atoms. The van der Waals surface area contributed by atoms with Crippen LogP contribution in [0.15, 0.2) is 0 Å². The van der Waals surface area contributed by atoms with Gasteiger partial charge in [0, 0.05) is 0 Å². The van der Waals surface area contributed by atoms with Crippen LogP contribution >= 0.6 is 0 Å². The molecule has 2 saturated carbocycles. The van der Waals surface area contributed by atoms with Crippen LogP contribution in [0.4, 0.5) is 0 Å². The molecule has 0 aromatic rings. The summed E-state index contributed by atoms with van der Waals surface area (Å²) in [4.78, 5) is 0. The summed E-state index contributed by atoms with van der Waals surface area (Å²) in [6, 6.07) is 0. The molecule has 0 aliphatic heterocycles. The maximum Gasteiger partial charge on any atom is -0.0349 e. The molecule has 0 amide bonds. The van der Waals surface area contributed by atoms with E-state index in [-0.39, 0.29) is 0 Å². The van der Waals surface area contributed by atoms with Crippen LogP contribution in [0, 0.1) is 23.2 Å². The Morgan fingerprint density at radius 1 is 1.00 bits per heavy atom. The predicted molar refractivity (Wildman–Crippen MR) is 48.4 cm³/mol. The van der Waals surface area contributed by atoms with Gasteiger partial charge in [-0.2, -0.15) is 0 Å². The van der Waals surface area contributed by atoms with Crippen LogP contribution in [0.2, 0.25) is 0 Å². The van der Waals surface area contributed by atoms with Gasteiger partial charge in [0.1, 0.15) is 0 Å². The lowest BCUT2D eigenvalue weighted by atomic mass is 9.87. The van der Waals surface area contributed by atoms with E-state index in [1.807, 2.05) is 0 Å². The molecule has 0 heteroatoms. The second kappa shape index (κ2) is 2.24. The second-order valence-electron chi connectivity index (χ2n) is 5.67. The molecular weight excluding hydrogens is 132 g/mol. The highest BCUT2D eigenvalue weighted by molar-refractivity contribution is 4.94. The zero-order chi connectivity index (χ0) is 8.06. The molecule has 0 saturated heterocycles. The molecule has 2 fully saturated rings. The fraction of sp³-hybridized carbons (Fsp3) is 1.00. The van der Waals surface area contributed by atoms with Crippen LogP contribution in [0.25, 0.3) is 0 Å². The molecule has 0 aromatic carbocycles. The van der Waals surface area contributed by atoms with Crippen LogP contribution in [-0.2, 0) is 0 Å². The van der Waals surface area contributed by atoms with Crippen molar-refractivity contribution in [3.63, 3.8) is 0 Å². The van der Waals surface area contributed by atoms with Crippen molar-refractivity contribution in [1.82, 2.24) is 0 Å². The van der Waals surface area contributed by atoms with Crippen molar-refractivity contribution in [2.24, 2.45) is 23.2 Å². The summed E-state index contributed by atoms with van der Waals surface area (Å²) in [5.74, 6) is 3.22. The summed E-state index contributed by atoms with van der Waals surface area (Å²) in [7, 11) is 0. The van der Waals surface area contributed by atoms with Crippen molar-refractivity contribution >= 4 is 0 Å². The highest BCUT2D eigenvalue weighted by Gasteiger charge is 2.43. The average molecular weight is 152 g/mol. The van der Waals surface area contributed by atoms with Gasteiger partial charge in [-0.05, 0) is 48.9 Å². The van der Waals surface area contributed by atoms with Crippen LogP contribution in [0.3, 0.4) is 0 Å². The van der Waals surface area contributed by atoms with Gasteiger partial charge >= 0.3 is 0 Å². The maximum absolute atomic E-state index is 2.44. The number of hydrogen-bond donors (Lipinski definition) is 0. The molecule has 0 nitrogen and oxygen atoms in total. The summed E-state index contributed by atoms with van der Waals surface area (Å²) >= 11 is 0. The van der Waals surface area contributed by atoms with E-state index in [0.29, 0.717) is 5.41 Å². The predicted octanol–water partition coefficient (Wildman–Crippen LogP) is 3.47. The summed E-state index contributed by atoms with van der Waals surface area (Å²) in [5.41, 5.74) is 0.676. The lowest BCUT2D eigenvalue weighted by molar-refractivity contribution is 0.330. The highest BCUT2D eigenvalue weighted by Crippen LogP contribution is 2.54. The standard InChI is InChI=1S/C11H20/c1-8-4-9-6-11(2,3)7-10(9)5-8/h8-10H,4-7H2,1-3H3. The molecule has 2 atom stereocenters. The van der Waals surface area contributed by atoms with Crippen molar-refractivity contribution in [3.05, 3.63) is 0 Å². The number of fused-ring (bicyclic) bond motifs is 1. The molecule has 0 radical (unpaired) electrons. The van der Waals surface area contributed by atoms with E-state index in [1.54, 1.807) is 0 Å². The Morgan fingerprint density at radius 3 is 1.91 bits per heavy atom. The topological polar surface area (TPSA) is 0 Å². The second-order valence-corrected chi connectivity index (χ2v) is 5.67. The number of hydrogen-bond acceptors (Lipinski definition) is 0. The van der Waals surface area contributed by atoms with Crippen molar-refractivity contribution in [3.8, 4) is 0 Å². The molecule has 2 unspecified atom stereocenters. The third kappa shape index (κ3) is 1.32. The lowest BCUT2D eigenvalue weighted by Crippen LogP contribution is -2.07. The van der Waals surface area contributed by atoms with Crippen LogP contribution < -0.4 is 0 Å². The summed E-state index contributed by atoms with van der Waals surface area (Å²) in [6.07, 6.45) is 6.05. The maximum atomic E-state index is 2.44. The molecular formula is C11H20. The van der Waals surface area contributed by atoms with Gasteiger partial charge in [0.25, 0.3) is 0 Å². The quantitative estimate of drug-likeness (QED) is 0.498. The Balaban J connectivity index is 2.04. The fourth-order valence-corrected chi connectivity index (χ4v) is 3.52. The van der Waals surface area contributed by atoms with Gasteiger partial charge in [0.15, 0.2) is 0 Å². The van der Waals surface area contributed by atoms with Gasteiger partial charge in [0.2, 0.25) is 0 Å². The molecule has 0 N–H and O–H groups in total. The van der Waals surface area contributed by atoms with E-state index in [0.717, 1.165) is 17.8 Å². The van der Waals surface area contributed by atoms with Crippen LogP contribution in [0.1, 0.15) is 46.5 Å². The molecule has 0 aromatic heterocycles. The van der Waals surface area contributed by atoms with E-state index >= 15 is 0 Å². The Hall–Kier alpha value is 0.